The van der Waals surface area contributed by atoms with Crippen LogP contribution in [0.1, 0.15) is 45.1 Å². The first-order valence-corrected chi connectivity index (χ1v) is 12.3. The number of sulfonamides is 1. The number of hydrogen-bond donors (Lipinski definition) is 0. The molecule has 1 aliphatic rings. The van der Waals surface area contributed by atoms with Crippen molar-refractivity contribution in [1.29, 1.82) is 0 Å². The van der Waals surface area contributed by atoms with Crippen LogP contribution in [-0.2, 0) is 26.8 Å². The highest BCUT2D eigenvalue weighted by Crippen LogP contribution is 2.26. The van der Waals surface area contributed by atoms with Gasteiger partial charge in [-0.25, -0.2) is 8.42 Å². The van der Waals surface area contributed by atoms with Crippen LogP contribution in [0.3, 0.4) is 0 Å². The van der Waals surface area contributed by atoms with Crippen LogP contribution in [0.5, 0.6) is 0 Å². The largest absolute Gasteiger partial charge is 0.338 e. The van der Waals surface area contributed by atoms with Crippen molar-refractivity contribution in [2.45, 2.75) is 50.5 Å². The van der Waals surface area contributed by atoms with E-state index in [2.05, 4.69) is 30.9 Å². The molecule has 2 aromatic carbocycles. The summed E-state index contributed by atoms with van der Waals surface area (Å²) in [7, 11) is -2.30. The molecule has 33 heavy (non-hydrogen) atoms. The Balaban J connectivity index is 1.46. The number of aromatic nitrogens is 2. The maximum atomic E-state index is 13.0. The average Bonchev–Trinajstić information content (AvgIpc) is 3.42. The van der Waals surface area contributed by atoms with Crippen LogP contribution in [0.4, 0.5) is 5.69 Å². The minimum atomic E-state index is -3.77. The second-order valence-corrected chi connectivity index (χ2v) is 11.3. The molecule has 0 atom stereocenters. The SMILES string of the molecule is CN(Cc1nc(-c2ccc(C(C)(C)C)cc2)no1)S(=O)(=O)c1ccc(N2CCCC2=O)cc1. The predicted octanol–water partition coefficient (Wildman–Crippen LogP) is 3.98. The summed E-state index contributed by atoms with van der Waals surface area (Å²) >= 11 is 0. The molecule has 1 fully saturated rings. The molecule has 3 aromatic rings. The molecule has 0 radical (unpaired) electrons. The Labute approximate surface area is 194 Å². The third kappa shape index (κ3) is 4.84. The highest BCUT2D eigenvalue weighted by atomic mass is 32.2. The molecule has 0 unspecified atom stereocenters. The lowest BCUT2D eigenvalue weighted by Gasteiger charge is -2.18. The molecule has 1 aliphatic heterocycles. The molecule has 4 rings (SSSR count). The molecule has 9 heteroatoms. The van der Waals surface area contributed by atoms with E-state index >= 15 is 0 Å². The van der Waals surface area contributed by atoms with Crippen LogP contribution in [0.15, 0.2) is 57.9 Å². The molecule has 1 aromatic heterocycles. The van der Waals surface area contributed by atoms with E-state index in [1.165, 1.54) is 29.0 Å². The van der Waals surface area contributed by atoms with Gasteiger partial charge in [0.05, 0.1) is 11.4 Å². The Kier molecular flexibility index (Phi) is 6.11. The van der Waals surface area contributed by atoms with Crippen molar-refractivity contribution in [1.82, 2.24) is 14.4 Å². The molecular weight excluding hydrogens is 440 g/mol. The lowest BCUT2D eigenvalue weighted by molar-refractivity contribution is -0.117. The maximum Gasteiger partial charge on any atom is 0.243 e. The number of rotatable bonds is 6. The second-order valence-electron chi connectivity index (χ2n) is 9.24. The van der Waals surface area contributed by atoms with Gasteiger partial charge in [-0.2, -0.15) is 9.29 Å². The topological polar surface area (TPSA) is 96.6 Å². The van der Waals surface area contributed by atoms with E-state index in [4.69, 9.17) is 4.52 Å². The third-order valence-corrected chi connectivity index (χ3v) is 7.58. The summed E-state index contributed by atoms with van der Waals surface area (Å²) in [5.74, 6) is 0.675. The van der Waals surface area contributed by atoms with Gasteiger partial charge in [0.25, 0.3) is 0 Å². The molecule has 1 amide bonds. The molecule has 0 N–H and O–H groups in total. The van der Waals surface area contributed by atoms with E-state index < -0.39 is 10.0 Å². The molecule has 174 valence electrons. The zero-order valence-corrected chi connectivity index (χ0v) is 20.1. The fourth-order valence-electron chi connectivity index (χ4n) is 3.73. The lowest BCUT2D eigenvalue weighted by Crippen LogP contribution is -2.27. The Morgan fingerprint density at radius 2 is 1.73 bits per heavy atom. The van der Waals surface area contributed by atoms with E-state index in [1.54, 1.807) is 17.0 Å². The number of carbonyl (C=O) groups is 1. The van der Waals surface area contributed by atoms with Crippen molar-refractivity contribution < 1.29 is 17.7 Å². The Morgan fingerprint density at radius 3 is 2.30 bits per heavy atom. The van der Waals surface area contributed by atoms with Crippen LogP contribution in [0.2, 0.25) is 0 Å². The van der Waals surface area contributed by atoms with Crippen molar-refractivity contribution in [3.8, 4) is 11.4 Å². The monoisotopic (exact) mass is 468 g/mol. The van der Waals surface area contributed by atoms with Gasteiger partial charge in [-0.3, -0.25) is 4.79 Å². The highest BCUT2D eigenvalue weighted by molar-refractivity contribution is 7.89. The predicted molar refractivity (Wildman–Crippen MR) is 125 cm³/mol. The minimum absolute atomic E-state index is 0.0419. The number of hydrogen-bond acceptors (Lipinski definition) is 6. The van der Waals surface area contributed by atoms with Crippen LogP contribution >= 0.6 is 0 Å². The van der Waals surface area contributed by atoms with Gasteiger partial charge in [0.1, 0.15) is 0 Å². The molecule has 0 aliphatic carbocycles. The van der Waals surface area contributed by atoms with Gasteiger partial charge in [0, 0.05) is 31.3 Å². The number of benzene rings is 2. The Hall–Kier alpha value is -3.04. The first-order chi connectivity index (χ1) is 15.6. The zero-order valence-electron chi connectivity index (χ0n) is 19.3. The normalized spacial score (nSPS) is 14.9. The lowest BCUT2D eigenvalue weighted by atomic mass is 9.87. The van der Waals surface area contributed by atoms with E-state index in [0.717, 1.165) is 12.0 Å². The van der Waals surface area contributed by atoms with E-state index in [9.17, 15) is 13.2 Å². The highest BCUT2D eigenvalue weighted by Gasteiger charge is 2.25. The van der Waals surface area contributed by atoms with Crippen molar-refractivity contribution in [2.75, 3.05) is 18.5 Å². The van der Waals surface area contributed by atoms with Crippen molar-refractivity contribution in [3.05, 3.63) is 60.0 Å². The number of nitrogens with zero attached hydrogens (tertiary/aromatic N) is 4. The Bertz CT molecular complexity index is 1240. The van der Waals surface area contributed by atoms with Crippen LogP contribution in [-0.4, -0.2) is 42.4 Å². The fraction of sp³-hybridized carbons (Fsp3) is 0.375. The number of amides is 1. The fourth-order valence-corrected chi connectivity index (χ4v) is 4.85. The van der Waals surface area contributed by atoms with Crippen molar-refractivity contribution >= 4 is 21.6 Å². The second kappa shape index (κ2) is 8.72. The van der Waals surface area contributed by atoms with Gasteiger partial charge in [-0.15, -0.1) is 0 Å². The van der Waals surface area contributed by atoms with Gasteiger partial charge in [-0.1, -0.05) is 50.2 Å². The molecule has 8 nitrogen and oxygen atoms in total. The zero-order chi connectivity index (χ0) is 23.8. The van der Waals surface area contributed by atoms with Crippen LogP contribution < -0.4 is 4.90 Å². The standard InChI is InChI=1S/C24H28N4O4S/c1-24(2,3)18-9-7-17(8-10-18)23-25-21(32-26-23)16-27(4)33(30,31)20-13-11-19(12-14-20)28-15-5-6-22(28)29/h7-14H,5-6,15-16H2,1-4H3. The van der Waals surface area contributed by atoms with Gasteiger partial charge in [0.15, 0.2) is 0 Å². The Morgan fingerprint density at radius 1 is 1.06 bits per heavy atom. The van der Waals surface area contributed by atoms with Crippen molar-refractivity contribution in [2.24, 2.45) is 0 Å². The summed E-state index contributed by atoms with van der Waals surface area (Å²) in [5, 5.41) is 4.00. The van der Waals surface area contributed by atoms with E-state index in [-0.39, 0.29) is 28.7 Å². The summed E-state index contributed by atoms with van der Waals surface area (Å²) in [5.41, 5.74) is 2.75. The minimum Gasteiger partial charge on any atom is -0.338 e. The molecule has 0 spiro atoms. The van der Waals surface area contributed by atoms with Gasteiger partial charge < -0.3 is 9.42 Å². The first kappa shape index (κ1) is 23.1. The van der Waals surface area contributed by atoms with Crippen molar-refractivity contribution in [3.63, 3.8) is 0 Å². The summed E-state index contributed by atoms with van der Waals surface area (Å²) in [6.07, 6.45) is 1.34. The average molecular weight is 469 g/mol. The smallest absolute Gasteiger partial charge is 0.243 e. The van der Waals surface area contributed by atoms with E-state index in [1.807, 2.05) is 24.3 Å². The van der Waals surface area contributed by atoms with Gasteiger partial charge in [-0.05, 0) is 41.7 Å². The van der Waals surface area contributed by atoms with Gasteiger partial charge >= 0.3 is 0 Å². The van der Waals surface area contributed by atoms with E-state index in [0.29, 0.717) is 24.5 Å². The molecule has 0 saturated carbocycles. The molecule has 0 bridgehead atoms. The molecular formula is C24H28N4O4S. The summed E-state index contributed by atoms with van der Waals surface area (Å²) in [6, 6.07) is 14.3. The quantitative estimate of drug-likeness (QED) is 0.543. The third-order valence-electron chi connectivity index (χ3n) is 5.77. The molecule has 1 saturated heterocycles. The summed E-state index contributed by atoms with van der Waals surface area (Å²) in [6.45, 7) is 7.03. The maximum absolute atomic E-state index is 13.0. The number of carbonyl (C=O) groups excluding carboxylic acids is 1. The van der Waals surface area contributed by atoms with Crippen LogP contribution in [0.25, 0.3) is 11.4 Å². The summed E-state index contributed by atoms with van der Waals surface area (Å²) in [4.78, 5) is 18.1. The summed E-state index contributed by atoms with van der Waals surface area (Å²) < 4.78 is 32.5. The first-order valence-electron chi connectivity index (χ1n) is 10.9. The van der Waals surface area contributed by atoms with Gasteiger partial charge in [0.2, 0.25) is 27.6 Å². The van der Waals surface area contributed by atoms with Crippen LogP contribution in [0, 0.1) is 0 Å². The molecule has 2 heterocycles. The number of anilines is 1.